The normalized spacial score (nSPS) is 19.8. The number of alkyl halides is 1. The van der Waals surface area contributed by atoms with Gasteiger partial charge in [0.15, 0.2) is 0 Å². The zero-order valence-electron chi connectivity index (χ0n) is 11.0. The first-order valence-electron chi connectivity index (χ1n) is 6.16. The Hall–Kier alpha value is -0.290. The molecular weight excluding hydrogens is 305 g/mol. The number of rotatable bonds is 3. The van der Waals surface area contributed by atoms with Crippen LogP contribution in [0.4, 0.5) is 0 Å². The van der Waals surface area contributed by atoms with E-state index in [0.29, 0.717) is 17.1 Å². The number of nitrogens with zero attached hydrogens (tertiary/aromatic N) is 1. The first-order chi connectivity index (χ1) is 8.79. The Morgan fingerprint density at radius 2 is 2.05 bits per heavy atom. The van der Waals surface area contributed by atoms with Crippen LogP contribution in [0.3, 0.4) is 0 Å². The lowest BCUT2D eigenvalue weighted by molar-refractivity contribution is 0.291. The Bertz CT molecular complexity index is 584. The molecule has 1 aromatic rings. The van der Waals surface area contributed by atoms with Gasteiger partial charge in [0, 0.05) is 23.0 Å². The lowest BCUT2D eigenvalue weighted by Gasteiger charge is -2.30. The van der Waals surface area contributed by atoms with Crippen LogP contribution < -0.4 is 0 Å². The summed E-state index contributed by atoms with van der Waals surface area (Å²) in [5.74, 6) is 0.200. The number of sulfonamides is 1. The van der Waals surface area contributed by atoms with Gasteiger partial charge < -0.3 is 0 Å². The lowest BCUT2D eigenvalue weighted by Crippen LogP contribution is -2.42. The molecule has 2 rings (SSSR count). The van der Waals surface area contributed by atoms with E-state index in [4.69, 9.17) is 23.2 Å². The molecule has 1 aromatic carbocycles. The van der Waals surface area contributed by atoms with E-state index in [0.717, 1.165) is 12.8 Å². The molecule has 1 aliphatic heterocycles. The highest BCUT2D eigenvalue weighted by Crippen LogP contribution is 2.34. The molecular formula is C13H17Cl2NO2S. The van der Waals surface area contributed by atoms with Crippen LogP contribution in [0.25, 0.3) is 0 Å². The standard InChI is InChI=1S/C13H17Cl2NO2S/c1-13(2)6-3-7-16(13)19(17,18)11-4-5-12(15)10(8-11)9-14/h4-5,8H,3,6-7,9H2,1-2H3. The van der Waals surface area contributed by atoms with Gasteiger partial charge in [0.1, 0.15) is 0 Å². The van der Waals surface area contributed by atoms with Crippen LogP contribution in [0.5, 0.6) is 0 Å². The van der Waals surface area contributed by atoms with E-state index in [1.165, 1.54) is 0 Å². The highest BCUT2D eigenvalue weighted by atomic mass is 35.5. The molecule has 106 valence electrons. The quantitative estimate of drug-likeness (QED) is 0.797. The predicted octanol–water partition coefficient (Wildman–Crippen LogP) is 3.64. The minimum atomic E-state index is -3.48. The van der Waals surface area contributed by atoms with Crippen LogP contribution in [0.15, 0.2) is 23.1 Å². The molecule has 0 aromatic heterocycles. The summed E-state index contributed by atoms with van der Waals surface area (Å²) in [4.78, 5) is 0.266. The SMILES string of the molecule is CC1(C)CCCN1S(=O)(=O)c1ccc(Cl)c(CCl)c1. The van der Waals surface area contributed by atoms with Crippen molar-refractivity contribution in [3.63, 3.8) is 0 Å². The van der Waals surface area contributed by atoms with Crippen molar-refractivity contribution in [2.75, 3.05) is 6.54 Å². The number of benzene rings is 1. The maximum Gasteiger partial charge on any atom is 0.243 e. The maximum atomic E-state index is 12.7. The Balaban J connectivity index is 2.45. The van der Waals surface area contributed by atoms with Crippen molar-refractivity contribution in [2.45, 2.75) is 43.0 Å². The van der Waals surface area contributed by atoms with Crippen molar-refractivity contribution in [2.24, 2.45) is 0 Å². The highest BCUT2D eigenvalue weighted by Gasteiger charge is 2.40. The van der Waals surface area contributed by atoms with Crippen LogP contribution in [0, 0.1) is 0 Å². The van der Waals surface area contributed by atoms with Crippen molar-refractivity contribution in [1.29, 1.82) is 0 Å². The Labute approximate surface area is 124 Å². The smallest absolute Gasteiger partial charge is 0.207 e. The number of hydrogen-bond acceptors (Lipinski definition) is 2. The first-order valence-corrected chi connectivity index (χ1v) is 8.51. The minimum Gasteiger partial charge on any atom is -0.207 e. The van der Waals surface area contributed by atoms with Gasteiger partial charge in [-0.1, -0.05) is 11.6 Å². The topological polar surface area (TPSA) is 37.4 Å². The third-order valence-electron chi connectivity index (χ3n) is 3.57. The van der Waals surface area contributed by atoms with Crippen molar-refractivity contribution in [3.8, 4) is 0 Å². The minimum absolute atomic E-state index is 0.200. The summed E-state index contributed by atoms with van der Waals surface area (Å²) in [6, 6.07) is 4.70. The number of halogens is 2. The van der Waals surface area contributed by atoms with Gasteiger partial charge in [-0.25, -0.2) is 8.42 Å². The van der Waals surface area contributed by atoms with Crippen molar-refractivity contribution in [3.05, 3.63) is 28.8 Å². The summed E-state index contributed by atoms with van der Waals surface area (Å²) < 4.78 is 26.9. The van der Waals surface area contributed by atoms with Crippen LogP contribution in [-0.4, -0.2) is 24.8 Å². The first kappa shape index (κ1) is 15.1. The highest BCUT2D eigenvalue weighted by molar-refractivity contribution is 7.89. The molecule has 19 heavy (non-hydrogen) atoms. The second-order valence-electron chi connectivity index (χ2n) is 5.38. The van der Waals surface area contributed by atoms with Gasteiger partial charge in [0.25, 0.3) is 0 Å². The molecule has 1 heterocycles. The van der Waals surface area contributed by atoms with Crippen LogP contribution in [0.2, 0.25) is 5.02 Å². The van der Waals surface area contributed by atoms with E-state index in [1.807, 2.05) is 13.8 Å². The van der Waals surface area contributed by atoms with E-state index in [-0.39, 0.29) is 16.3 Å². The average molecular weight is 322 g/mol. The van der Waals surface area contributed by atoms with Gasteiger partial charge in [-0.2, -0.15) is 4.31 Å². The second-order valence-corrected chi connectivity index (χ2v) is 7.92. The lowest BCUT2D eigenvalue weighted by atomic mass is 10.0. The van der Waals surface area contributed by atoms with Crippen molar-refractivity contribution >= 4 is 33.2 Å². The molecule has 6 heteroatoms. The summed E-state index contributed by atoms with van der Waals surface area (Å²) in [6.07, 6.45) is 1.77. The van der Waals surface area contributed by atoms with E-state index < -0.39 is 10.0 Å². The van der Waals surface area contributed by atoms with E-state index in [2.05, 4.69) is 0 Å². The average Bonchev–Trinajstić information content (AvgIpc) is 2.70. The van der Waals surface area contributed by atoms with Gasteiger partial charge in [-0.3, -0.25) is 0 Å². The zero-order valence-corrected chi connectivity index (χ0v) is 13.3. The summed E-state index contributed by atoms with van der Waals surface area (Å²) in [5.41, 5.74) is 0.306. The molecule has 1 aliphatic rings. The molecule has 0 spiro atoms. The molecule has 1 fully saturated rings. The van der Waals surface area contributed by atoms with Gasteiger partial charge in [-0.15, -0.1) is 11.6 Å². The maximum absolute atomic E-state index is 12.7. The molecule has 0 aliphatic carbocycles. The fourth-order valence-electron chi connectivity index (χ4n) is 2.47. The summed E-state index contributed by atoms with van der Waals surface area (Å²) in [7, 11) is -3.48. The molecule has 0 N–H and O–H groups in total. The van der Waals surface area contributed by atoms with Crippen LogP contribution >= 0.6 is 23.2 Å². The molecule has 1 saturated heterocycles. The monoisotopic (exact) mass is 321 g/mol. The fraction of sp³-hybridized carbons (Fsp3) is 0.538. The third kappa shape index (κ3) is 2.77. The Morgan fingerprint density at radius 3 is 2.58 bits per heavy atom. The molecule has 0 unspecified atom stereocenters. The molecule has 0 amide bonds. The summed E-state index contributed by atoms with van der Waals surface area (Å²) >= 11 is 11.7. The largest absolute Gasteiger partial charge is 0.243 e. The summed E-state index contributed by atoms with van der Waals surface area (Å²) in [5, 5.41) is 0.495. The molecule has 0 saturated carbocycles. The van der Waals surface area contributed by atoms with Gasteiger partial charge >= 0.3 is 0 Å². The van der Waals surface area contributed by atoms with E-state index >= 15 is 0 Å². The third-order valence-corrected chi connectivity index (χ3v) is 6.34. The summed E-state index contributed by atoms with van der Waals surface area (Å²) in [6.45, 7) is 4.47. The predicted molar refractivity (Wildman–Crippen MR) is 78.2 cm³/mol. The van der Waals surface area contributed by atoms with Crippen LogP contribution in [-0.2, 0) is 15.9 Å². The molecule has 0 bridgehead atoms. The Kier molecular flexibility index (Phi) is 4.17. The van der Waals surface area contributed by atoms with E-state index in [9.17, 15) is 8.42 Å². The van der Waals surface area contributed by atoms with Gasteiger partial charge in [-0.05, 0) is 50.5 Å². The fourth-order valence-corrected chi connectivity index (χ4v) is 4.84. The van der Waals surface area contributed by atoms with E-state index in [1.54, 1.807) is 22.5 Å². The zero-order chi connectivity index (χ0) is 14.3. The molecule has 0 radical (unpaired) electrons. The van der Waals surface area contributed by atoms with Crippen molar-refractivity contribution < 1.29 is 8.42 Å². The molecule has 0 atom stereocenters. The van der Waals surface area contributed by atoms with Gasteiger partial charge in [0.05, 0.1) is 4.90 Å². The second kappa shape index (κ2) is 5.24. The molecule has 3 nitrogen and oxygen atoms in total. The number of hydrogen-bond donors (Lipinski definition) is 0. The van der Waals surface area contributed by atoms with Gasteiger partial charge in [0.2, 0.25) is 10.0 Å². The van der Waals surface area contributed by atoms with Crippen molar-refractivity contribution in [1.82, 2.24) is 4.31 Å². The Morgan fingerprint density at radius 1 is 1.37 bits per heavy atom. The van der Waals surface area contributed by atoms with Crippen LogP contribution in [0.1, 0.15) is 32.3 Å².